The number of para-hydroxylation sites is 1. The number of ether oxygens (including phenoxy) is 1. The number of methoxy groups -OCH3 is 1. The fraction of sp³-hybridized carbons (Fsp3) is 0.375. The Morgan fingerprint density at radius 3 is 2.68 bits per heavy atom. The lowest BCUT2D eigenvalue weighted by molar-refractivity contribution is -0.113. The molecule has 5 nitrogen and oxygen atoms in total. The van der Waals surface area contributed by atoms with Crippen LogP contribution in [0, 0.1) is 0 Å². The molecule has 1 amide bonds. The van der Waals surface area contributed by atoms with Gasteiger partial charge >= 0.3 is 0 Å². The van der Waals surface area contributed by atoms with E-state index in [1.807, 2.05) is 30.3 Å². The zero-order chi connectivity index (χ0) is 15.5. The molecule has 2 aliphatic rings. The van der Waals surface area contributed by atoms with Gasteiger partial charge in [0.05, 0.1) is 12.0 Å². The number of amidine groups is 1. The second kappa shape index (κ2) is 6.54. The van der Waals surface area contributed by atoms with Gasteiger partial charge in [-0.3, -0.25) is 4.79 Å². The summed E-state index contributed by atoms with van der Waals surface area (Å²) in [5.41, 5.74) is 0.899. The van der Waals surface area contributed by atoms with E-state index in [0.29, 0.717) is 4.91 Å². The molecule has 0 atom stereocenters. The maximum absolute atomic E-state index is 12.1. The predicted molar refractivity (Wildman–Crippen MR) is 90.1 cm³/mol. The van der Waals surface area contributed by atoms with Crippen molar-refractivity contribution in [2.45, 2.75) is 0 Å². The molecule has 0 aromatic heterocycles. The van der Waals surface area contributed by atoms with Crippen LogP contribution in [0.1, 0.15) is 5.56 Å². The summed E-state index contributed by atoms with van der Waals surface area (Å²) in [7, 11) is 3.74. The van der Waals surface area contributed by atoms with Gasteiger partial charge in [0.1, 0.15) is 5.75 Å². The number of amides is 1. The first-order valence-corrected chi connectivity index (χ1v) is 8.08. The van der Waals surface area contributed by atoms with E-state index in [1.165, 1.54) is 11.8 Å². The summed E-state index contributed by atoms with van der Waals surface area (Å²) in [6, 6.07) is 7.67. The minimum absolute atomic E-state index is 0.162. The highest BCUT2D eigenvalue weighted by atomic mass is 32.2. The fourth-order valence-corrected chi connectivity index (χ4v) is 3.41. The highest BCUT2D eigenvalue weighted by Crippen LogP contribution is 2.32. The van der Waals surface area contributed by atoms with E-state index in [4.69, 9.17) is 4.74 Å². The molecule has 0 bridgehead atoms. The van der Waals surface area contributed by atoms with Gasteiger partial charge in [-0.05, 0) is 31.0 Å². The Kier molecular flexibility index (Phi) is 4.49. The largest absolute Gasteiger partial charge is 0.496 e. The lowest BCUT2D eigenvalue weighted by Crippen LogP contribution is -2.46. The van der Waals surface area contributed by atoms with Crippen LogP contribution in [0.3, 0.4) is 0 Å². The Bertz CT molecular complexity index is 634. The summed E-state index contributed by atoms with van der Waals surface area (Å²) in [5.74, 6) is 0.598. The van der Waals surface area contributed by atoms with Crippen molar-refractivity contribution >= 4 is 28.9 Å². The topological polar surface area (TPSA) is 45.1 Å². The number of carbonyl (C=O) groups is 1. The van der Waals surface area contributed by atoms with Crippen LogP contribution >= 0.6 is 11.8 Å². The van der Waals surface area contributed by atoms with Gasteiger partial charge in [-0.25, -0.2) is 0 Å². The Morgan fingerprint density at radius 2 is 1.95 bits per heavy atom. The zero-order valence-corrected chi connectivity index (χ0v) is 13.6. The van der Waals surface area contributed by atoms with Crippen LogP contribution in [0.25, 0.3) is 6.08 Å². The maximum atomic E-state index is 12.1. The number of likely N-dealkylation sites (N-methyl/N-ethyl adjacent to an activating group) is 1. The Labute approximate surface area is 134 Å². The van der Waals surface area contributed by atoms with E-state index in [2.05, 4.69) is 21.8 Å². The van der Waals surface area contributed by atoms with Gasteiger partial charge in [0.25, 0.3) is 5.91 Å². The highest BCUT2D eigenvalue weighted by molar-refractivity contribution is 8.18. The molecule has 116 valence electrons. The van der Waals surface area contributed by atoms with Gasteiger partial charge in [-0.1, -0.05) is 18.2 Å². The molecule has 6 heteroatoms. The van der Waals surface area contributed by atoms with Crippen molar-refractivity contribution in [1.29, 1.82) is 0 Å². The van der Waals surface area contributed by atoms with E-state index in [1.54, 1.807) is 7.11 Å². The quantitative estimate of drug-likeness (QED) is 0.780. The lowest BCUT2D eigenvalue weighted by atomic mass is 10.2. The summed E-state index contributed by atoms with van der Waals surface area (Å²) >= 11 is 1.45. The number of nitrogens with zero attached hydrogens (tertiary/aromatic N) is 3. The Morgan fingerprint density at radius 1 is 1.23 bits per heavy atom. The van der Waals surface area contributed by atoms with Crippen molar-refractivity contribution in [3.63, 3.8) is 0 Å². The van der Waals surface area contributed by atoms with Crippen LogP contribution in [0.5, 0.6) is 5.75 Å². The number of thioether (sulfide) groups is 1. The number of hydrogen-bond acceptors (Lipinski definition) is 5. The van der Waals surface area contributed by atoms with Crippen molar-refractivity contribution in [2.24, 2.45) is 4.99 Å². The smallest absolute Gasteiger partial charge is 0.286 e. The van der Waals surface area contributed by atoms with Gasteiger partial charge in [0.2, 0.25) is 0 Å². The molecular weight excluding hydrogens is 298 g/mol. The highest BCUT2D eigenvalue weighted by Gasteiger charge is 2.27. The Hall–Kier alpha value is -1.79. The molecule has 0 N–H and O–H groups in total. The Balaban J connectivity index is 1.75. The molecule has 1 aromatic carbocycles. The first kappa shape index (κ1) is 15.1. The van der Waals surface area contributed by atoms with Crippen molar-refractivity contribution < 1.29 is 9.53 Å². The van der Waals surface area contributed by atoms with Crippen LogP contribution in [-0.2, 0) is 4.79 Å². The summed E-state index contributed by atoms with van der Waals surface area (Å²) in [5, 5.41) is 0.819. The van der Waals surface area contributed by atoms with Crippen LogP contribution in [0.2, 0.25) is 0 Å². The van der Waals surface area contributed by atoms with Gasteiger partial charge in [0, 0.05) is 31.7 Å². The molecule has 2 heterocycles. The summed E-state index contributed by atoms with van der Waals surface area (Å²) in [4.78, 5) is 21.5. The molecule has 0 radical (unpaired) electrons. The summed E-state index contributed by atoms with van der Waals surface area (Å²) < 4.78 is 5.33. The third kappa shape index (κ3) is 3.18. The first-order chi connectivity index (χ1) is 10.7. The molecule has 0 spiro atoms. The first-order valence-electron chi connectivity index (χ1n) is 7.26. The van der Waals surface area contributed by atoms with Crippen LogP contribution in [0.15, 0.2) is 34.2 Å². The summed E-state index contributed by atoms with van der Waals surface area (Å²) in [6.07, 6.45) is 1.86. The third-order valence-corrected chi connectivity index (χ3v) is 4.85. The molecule has 3 rings (SSSR count). The fourth-order valence-electron chi connectivity index (χ4n) is 2.46. The molecule has 1 saturated heterocycles. The standard InChI is InChI=1S/C16H19N3O2S/c1-18-7-9-19(10-8-18)16-17-15(20)14(22-16)11-12-5-3-4-6-13(12)21-2/h3-6,11H,7-10H2,1-2H3/b14-11+. The normalized spacial score (nSPS) is 21.4. The number of aliphatic imine (C=N–C) groups is 1. The number of hydrogen-bond donors (Lipinski definition) is 0. The van der Waals surface area contributed by atoms with Gasteiger partial charge in [0.15, 0.2) is 5.17 Å². The van der Waals surface area contributed by atoms with Crippen molar-refractivity contribution in [1.82, 2.24) is 9.80 Å². The molecule has 0 aliphatic carbocycles. The van der Waals surface area contributed by atoms with Gasteiger partial charge < -0.3 is 14.5 Å². The van der Waals surface area contributed by atoms with Gasteiger partial charge in [-0.2, -0.15) is 4.99 Å². The number of carbonyl (C=O) groups excluding carboxylic acids is 1. The number of piperazine rings is 1. The monoisotopic (exact) mass is 317 g/mol. The third-order valence-electron chi connectivity index (χ3n) is 3.81. The minimum Gasteiger partial charge on any atom is -0.496 e. The second-order valence-corrected chi connectivity index (χ2v) is 6.35. The van der Waals surface area contributed by atoms with Crippen molar-refractivity contribution in [3.8, 4) is 5.75 Å². The second-order valence-electron chi connectivity index (χ2n) is 5.34. The lowest BCUT2D eigenvalue weighted by Gasteiger charge is -2.32. The molecule has 2 aliphatic heterocycles. The van der Waals surface area contributed by atoms with E-state index >= 15 is 0 Å². The molecule has 0 unspecified atom stereocenters. The van der Waals surface area contributed by atoms with E-state index in [9.17, 15) is 4.79 Å². The molecule has 22 heavy (non-hydrogen) atoms. The van der Waals surface area contributed by atoms with E-state index in [0.717, 1.165) is 42.7 Å². The predicted octanol–water partition coefficient (Wildman–Crippen LogP) is 1.91. The molecule has 1 fully saturated rings. The van der Waals surface area contributed by atoms with Crippen LogP contribution in [0.4, 0.5) is 0 Å². The molecule has 0 saturated carbocycles. The van der Waals surface area contributed by atoms with Gasteiger partial charge in [-0.15, -0.1) is 0 Å². The zero-order valence-electron chi connectivity index (χ0n) is 12.8. The average Bonchev–Trinajstić information content (AvgIpc) is 2.89. The SMILES string of the molecule is COc1ccccc1/C=C1/SC(N2CCN(C)CC2)=NC1=O. The van der Waals surface area contributed by atoms with Crippen molar-refractivity contribution in [2.75, 3.05) is 40.3 Å². The van der Waals surface area contributed by atoms with Crippen LogP contribution < -0.4 is 4.74 Å². The van der Waals surface area contributed by atoms with Crippen molar-refractivity contribution in [3.05, 3.63) is 34.7 Å². The number of rotatable bonds is 2. The number of benzene rings is 1. The van der Waals surface area contributed by atoms with Crippen LogP contribution in [-0.4, -0.2) is 61.2 Å². The van der Waals surface area contributed by atoms with E-state index in [-0.39, 0.29) is 5.91 Å². The maximum Gasteiger partial charge on any atom is 0.286 e. The minimum atomic E-state index is -0.162. The summed E-state index contributed by atoms with van der Waals surface area (Å²) in [6.45, 7) is 3.83. The van der Waals surface area contributed by atoms with E-state index < -0.39 is 0 Å². The molecular formula is C16H19N3O2S. The molecule has 1 aromatic rings. The average molecular weight is 317 g/mol.